The Morgan fingerprint density at radius 1 is 1.50 bits per heavy atom. The van der Waals surface area contributed by atoms with Crippen molar-refractivity contribution in [1.29, 1.82) is 0 Å². The second kappa shape index (κ2) is 5.69. The molecule has 0 radical (unpaired) electrons. The van der Waals surface area contributed by atoms with Crippen molar-refractivity contribution >= 4 is 27.5 Å². The van der Waals surface area contributed by atoms with Crippen molar-refractivity contribution in [3.63, 3.8) is 0 Å². The SMILES string of the molecule is Cn1cc(Br)c(=O)c(NC(=O)CCC2CCC2)c1. The molecule has 1 aliphatic carbocycles. The molecule has 4 nitrogen and oxygen atoms in total. The van der Waals surface area contributed by atoms with Crippen LogP contribution in [0.25, 0.3) is 0 Å². The summed E-state index contributed by atoms with van der Waals surface area (Å²) < 4.78 is 2.20. The van der Waals surface area contributed by atoms with E-state index in [9.17, 15) is 9.59 Å². The van der Waals surface area contributed by atoms with E-state index in [-0.39, 0.29) is 11.3 Å². The molecular formula is C13H17BrN2O2. The van der Waals surface area contributed by atoms with Gasteiger partial charge in [0.25, 0.3) is 0 Å². The van der Waals surface area contributed by atoms with Gasteiger partial charge in [-0.1, -0.05) is 19.3 Å². The second-order valence-corrected chi connectivity index (χ2v) is 5.75. The van der Waals surface area contributed by atoms with Crippen LogP contribution in [0.3, 0.4) is 0 Å². The van der Waals surface area contributed by atoms with Gasteiger partial charge in [-0.2, -0.15) is 0 Å². The standard InChI is InChI=1S/C13H17BrN2O2/c1-16-7-10(14)13(18)11(8-16)15-12(17)6-5-9-3-2-4-9/h7-9H,2-6H2,1H3,(H,15,17). The highest BCUT2D eigenvalue weighted by atomic mass is 79.9. The Morgan fingerprint density at radius 2 is 2.22 bits per heavy atom. The van der Waals surface area contributed by atoms with Crippen molar-refractivity contribution in [3.05, 3.63) is 27.1 Å². The maximum atomic E-state index is 11.8. The quantitative estimate of drug-likeness (QED) is 0.929. The third-order valence-corrected chi connectivity index (χ3v) is 3.95. The number of aromatic nitrogens is 1. The number of hydrogen-bond donors (Lipinski definition) is 1. The van der Waals surface area contributed by atoms with Gasteiger partial charge >= 0.3 is 0 Å². The van der Waals surface area contributed by atoms with Crippen molar-refractivity contribution in [2.24, 2.45) is 13.0 Å². The molecule has 98 valence electrons. The van der Waals surface area contributed by atoms with E-state index in [1.54, 1.807) is 17.0 Å². The molecule has 18 heavy (non-hydrogen) atoms. The van der Waals surface area contributed by atoms with Gasteiger partial charge in [-0.3, -0.25) is 9.59 Å². The van der Waals surface area contributed by atoms with E-state index >= 15 is 0 Å². The summed E-state index contributed by atoms with van der Waals surface area (Å²) in [6.07, 6.45) is 8.51. The molecule has 0 aliphatic heterocycles. The zero-order valence-electron chi connectivity index (χ0n) is 10.4. The molecular weight excluding hydrogens is 296 g/mol. The predicted molar refractivity (Wildman–Crippen MR) is 74.6 cm³/mol. The van der Waals surface area contributed by atoms with Crippen LogP contribution >= 0.6 is 15.9 Å². The zero-order valence-corrected chi connectivity index (χ0v) is 12.0. The molecule has 0 atom stereocenters. The fraction of sp³-hybridized carbons (Fsp3) is 0.538. The van der Waals surface area contributed by atoms with Crippen LogP contribution in [0.1, 0.15) is 32.1 Å². The number of pyridine rings is 1. The number of halogens is 1. The molecule has 1 heterocycles. The maximum absolute atomic E-state index is 11.8. The van der Waals surface area contributed by atoms with Crippen LogP contribution in [0, 0.1) is 5.92 Å². The number of anilines is 1. The molecule has 2 rings (SSSR count). The number of hydrogen-bond acceptors (Lipinski definition) is 2. The first-order chi connectivity index (χ1) is 8.56. The van der Waals surface area contributed by atoms with Crippen molar-refractivity contribution in [3.8, 4) is 0 Å². The van der Waals surface area contributed by atoms with Gasteiger partial charge in [0.15, 0.2) is 0 Å². The lowest BCUT2D eigenvalue weighted by Crippen LogP contribution is -2.21. The van der Waals surface area contributed by atoms with E-state index < -0.39 is 0 Å². The number of nitrogens with one attached hydrogen (secondary N) is 1. The lowest BCUT2D eigenvalue weighted by atomic mass is 9.82. The highest BCUT2D eigenvalue weighted by molar-refractivity contribution is 9.10. The van der Waals surface area contributed by atoms with Crippen LogP contribution in [0.15, 0.2) is 21.7 Å². The molecule has 0 saturated heterocycles. The molecule has 0 unspecified atom stereocenters. The average Bonchev–Trinajstić information content (AvgIpc) is 2.23. The van der Waals surface area contributed by atoms with Crippen LogP contribution in [-0.4, -0.2) is 10.5 Å². The summed E-state index contributed by atoms with van der Waals surface area (Å²) in [4.78, 5) is 23.5. The normalized spacial score (nSPS) is 15.2. The monoisotopic (exact) mass is 312 g/mol. The Bertz CT molecular complexity index is 506. The van der Waals surface area contributed by atoms with Gasteiger partial charge in [-0.05, 0) is 28.3 Å². The Morgan fingerprint density at radius 3 is 2.83 bits per heavy atom. The third-order valence-electron chi connectivity index (χ3n) is 3.39. The zero-order chi connectivity index (χ0) is 13.1. The minimum Gasteiger partial charge on any atom is -0.354 e. The van der Waals surface area contributed by atoms with E-state index in [0.717, 1.165) is 6.42 Å². The van der Waals surface area contributed by atoms with Crippen molar-refractivity contribution in [1.82, 2.24) is 4.57 Å². The fourth-order valence-corrected chi connectivity index (χ4v) is 2.62. The highest BCUT2D eigenvalue weighted by Crippen LogP contribution is 2.30. The van der Waals surface area contributed by atoms with Gasteiger partial charge in [-0.25, -0.2) is 0 Å². The summed E-state index contributed by atoms with van der Waals surface area (Å²) >= 11 is 3.18. The van der Waals surface area contributed by atoms with E-state index in [0.29, 0.717) is 22.5 Å². The summed E-state index contributed by atoms with van der Waals surface area (Å²) in [5, 5.41) is 2.69. The van der Waals surface area contributed by atoms with Crippen molar-refractivity contribution < 1.29 is 4.79 Å². The van der Waals surface area contributed by atoms with Gasteiger partial charge in [0.05, 0.1) is 4.47 Å². The average molecular weight is 313 g/mol. The molecule has 1 saturated carbocycles. The summed E-state index contributed by atoms with van der Waals surface area (Å²) in [5.74, 6) is 0.637. The Hall–Kier alpha value is -1.10. The fourth-order valence-electron chi connectivity index (χ4n) is 2.08. The maximum Gasteiger partial charge on any atom is 0.224 e. The van der Waals surface area contributed by atoms with Crippen LogP contribution in [0.5, 0.6) is 0 Å². The first-order valence-electron chi connectivity index (χ1n) is 6.22. The number of nitrogens with zero attached hydrogens (tertiary/aromatic N) is 1. The van der Waals surface area contributed by atoms with Crippen LogP contribution in [-0.2, 0) is 11.8 Å². The largest absolute Gasteiger partial charge is 0.354 e. The smallest absolute Gasteiger partial charge is 0.224 e. The van der Waals surface area contributed by atoms with Gasteiger partial charge in [0, 0.05) is 25.9 Å². The Balaban J connectivity index is 1.95. The van der Waals surface area contributed by atoms with Crippen LogP contribution in [0.4, 0.5) is 5.69 Å². The first kappa shape index (κ1) is 13.3. The number of rotatable bonds is 4. The summed E-state index contributed by atoms with van der Waals surface area (Å²) in [6.45, 7) is 0. The molecule has 5 heteroatoms. The molecule has 1 aromatic heterocycles. The second-order valence-electron chi connectivity index (χ2n) is 4.90. The van der Waals surface area contributed by atoms with Crippen LogP contribution < -0.4 is 10.7 Å². The van der Waals surface area contributed by atoms with Crippen molar-refractivity contribution in [2.45, 2.75) is 32.1 Å². The van der Waals surface area contributed by atoms with Crippen LogP contribution in [0.2, 0.25) is 0 Å². The topological polar surface area (TPSA) is 51.1 Å². The van der Waals surface area contributed by atoms with Crippen molar-refractivity contribution in [2.75, 3.05) is 5.32 Å². The van der Waals surface area contributed by atoms with Gasteiger partial charge in [0.1, 0.15) is 5.69 Å². The first-order valence-corrected chi connectivity index (χ1v) is 7.01. The molecule has 0 spiro atoms. The Labute approximate surface area is 115 Å². The minimum absolute atomic E-state index is 0.0721. The molecule has 1 N–H and O–H groups in total. The van der Waals surface area contributed by atoms with Gasteiger partial charge in [-0.15, -0.1) is 0 Å². The van der Waals surface area contributed by atoms with E-state index in [2.05, 4.69) is 21.2 Å². The summed E-state index contributed by atoms with van der Waals surface area (Å²) in [6, 6.07) is 0. The van der Waals surface area contributed by atoms with E-state index in [4.69, 9.17) is 0 Å². The van der Waals surface area contributed by atoms with E-state index in [1.165, 1.54) is 19.3 Å². The number of amides is 1. The van der Waals surface area contributed by atoms with Gasteiger partial charge < -0.3 is 9.88 Å². The molecule has 1 fully saturated rings. The number of carbonyl (C=O) groups is 1. The lowest BCUT2D eigenvalue weighted by Gasteiger charge is -2.24. The predicted octanol–water partition coefficient (Wildman–Crippen LogP) is 2.67. The minimum atomic E-state index is -0.176. The molecule has 0 aromatic carbocycles. The molecule has 1 aliphatic rings. The summed E-state index contributed by atoms with van der Waals surface area (Å²) in [7, 11) is 1.81. The number of carbonyl (C=O) groups excluding carboxylic acids is 1. The molecule has 1 aromatic rings. The molecule has 1 amide bonds. The third kappa shape index (κ3) is 3.22. The van der Waals surface area contributed by atoms with Gasteiger partial charge in [0.2, 0.25) is 11.3 Å². The summed E-state index contributed by atoms with van der Waals surface area (Å²) in [5.41, 5.74) is 0.163. The number of aryl methyl sites for hydroxylation is 1. The highest BCUT2D eigenvalue weighted by Gasteiger charge is 2.18. The van der Waals surface area contributed by atoms with E-state index in [1.807, 2.05) is 7.05 Å². The lowest BCUT2D eigenvalue weighted by molar-refractivity contribution is -0.116. The Kier molecular flexibility index (Phi) is 4.22. The molecule has 0 bridgehead atoms.